The van der Waals surface area contributed by atoms with Crippen molar-refractivity contribution in [3.63, 3.8) is 0 Å². The van der Waals surface area contributed by atoms with Crippen molar-refractivity contribution in [3.05, 3.63) is 0 Å². The molecule has 110 valence electrons. The Morgan fingerprint density at radius 2 is 1.89 bits per heavy atom. The van der Waals surface area contributed by atoms with E-state index < -0.39 is 9.84 Å². The number of ketones is 1. The summed E-state index contributed by atoms with van der Waals surface area (Å²) in [5, 5.41) is 0. The molecule has 0 aromatic rings. The van der Waals surface area contributed by atoms with Crippen LogP contribution in [0.2, 0.25) is 0 Å². The van der Waals surface area contributed by atoms with Gasteiger partial charge in [-0.3, -0.25) is 9.69 Å². The Bertz CT molecular complexity index is 418. The highest BCUT2D eigenvalue weighted by atomic mass is 32.2. The summed E-state index contributed by atoms with van der Waals surface area (Å²) in [6.45, 7) is 1.54. The fourth-order valence-electron chi connectivity index (χ4n) is 3.45. The number of hydrogen-bond donors (Lipinski definition) is 0. The van der Waals surface area contributed by atoms with Gasteiger partial charge in [0.25, 0.3) is 0 Å². The molecule has 0 spiro atoms. The van der Waals surface area contributed by atoms with Crippen LogP contribution >= 0.6 is 0 Å². The highest BCUT2D eigenvalue weighted by Gasteiger charge is 2.35. The monoisotopic (exact) mass is 287 g/mol. The van der Waals surface area contributed by atoms with Crippen LogP contribution in [0.25, 0.3) is 0 Å². The minimum Gasteiger partial charge on any atom is -0.299 e. The maximum atomic E-state index is 12.1. The lowest BCUT2D eigenvalue weighted by Crippen LogP contribution is -2.48. The second-order valence-electron chi connectivity index (χ2n) is 6.05. The number of hydrogen-bond acceptors (Lipinski definition) is 4. The molecule has 5 heteroatoms. The Kier molecular flexibility index (Phi) is 5.01. The van der Waals surface area contributed by atoms with Gasteiger partial charge in [-0.05, 0) is 32.2 Å². The van der Waals surface area contributed by atoms with Crippen LogP contribution < -0.4 is 0 Å². The molecule has 0 radical (unpaired) electrons. The van der Waals surface area contributed by atoms with E-state index in [9.17, 15) is 13.2 Å². The van der Waals surface area contributed by atoms with Crippen molar-refractivity contribution in [2.75, 3.05) is 25.1 Å². The van der Waals surface area contributed by atoms with Gasteiger partial charge >= 0.3 is 0 Å². The van der Waals surface area contributed by atoms with E-state index in [-0.39, 0.29) is 11.7 Å². The lowest BCUT2D eigenvalue weighted by molar-refractivity contribution is -0.127. The molecule has 0 aromatic heterocycles. The molecule has 0 N–H and O–H groups in total. The van der Waals surface area contributed by atoms with Crippen molar-refractivity contribution in [3.8, 4) is 0 Å². The molecule has 2 unspecified atom stereocenters. The number of carbonyl (C=O) groups is 1. The first-order chi connectivity index (χ1) is 8.97. The lowest BCUT2D eigenvalue weighted by atomic mass is 9.79. The predicted molar refractivity (Wildman–Crippen MR) is 75.9 cm³/mol. The van der Waals surface area contributed by atoms with Crippen molar-refractivity contribution in [2.24, 2.45) is 5.92 Å². The van der Waals surface area contributed by atoms with Gasteiger partial charge in [0.05, 0.1) is 5.75 Å². The Labute approximate surface area is 116 Å². The predicted octanol–water partition coefficient (Wildman–Crippen LogP) is 1.64. The topological polar surface area (TPSA) is 54.5 Å². The van der Waals surface area contributed by atoms with Crippen LogP contribution in [0.15, 0.2) is 0 Å². The molecule has 0 aromatic carbocycles. The summed E-state index contributed by atoms with van der Waals surface area (Å²) < 4.78 is 22.7. The van der Waals surface area contributed by atoms with Gasteiger partial charge in [-0.15, -0.1) is 0 Å². The number of likely N-dealkylation sites (tertiary alicyclic amines) is 1. The summed E-state index contributed by atoms with van der Waals surface area (Å²) in [6, 6.07) is 0.295. The summed E-state index contributed by atoms with van der Waals surface area (Å²) in [5.41, 5.74) is 0. The number of piperidine rings is 1. The van der Waals surface area contributed by atoms with Crippen molar-refractivity contribution in [2.45, 2.75) is 51.0 Å². The summed E-state index contributed by atoms with van der Waals surface area (Å²) >= 11 is 0. The van der Waals surface area contributed by atoms with E-state index in [0.29, 0.717) is 18.4 Å². The summed E-state index contributed by atoms with van der Waals surface area (Å²) in [7, 11) is -2.92. The molecule has 2 aliphatic rings. The van der Waals surface area contributed by atoms with Crippen LogP contribution in [0, 0.1) is 5.92 Å². The van der Waals surface area contributed by atoms with E-state index >= 15 is 0 Å². The van der Waals surface area contributed by atoms with Crippen molar-refractivity contribution < 1.29 is 13.2 Å². The van der Waals surface area contributed by atoms with Crippen LogP contribution in [0.4, 0.5) is 0 Å². The van der Waals surface area contributed by atoms with E-state index in [1.807, 2.05) is 0 Å². The lowest BCUT2D eigenvalue weighted by Gasteiger charge is -2.41. The average molecular weight is 287 g/mol. The summed E-state index contributed by atoms with van der Waals surface area (Å²) in [6.07, 6.45) is 8.54. The Morgan fingerprint density at radius 1 is 1.16 bits per heavy atom. The zero-order valence-electron chi connectivity index (χ0n) is 11.8. The van der Waals surface area contributed by atoms with Gasteiger partial charge in [-0.2, -0.15) is 0 Å². The first-order valence-electron chi connectivity index (χ1n) is 7.42. The molecule has 1 aliphatic heterocycles. The summed E-state index contributed by atoms with van der Waals surface area (Å²) in [4.78, 5) is 14.4. The van der Waals surface area contributed by atoms with Gasteiger partial charge in [0.2, 0.25) is 0 Å². The quantitative estimate of drug-likeness (QED) is 0.789. The number of rotatable bonds is 4. The molecule has 2 fully saturated rings. The molecular weight excluding hydrogens is 262 g/mol. The largest absolute Gasteiger partial charge is 0.299 e. The highest BCUT2D eigenvalue weighted by molar-refractivity contribution is 7.90. The highest BCUT2D eigenvalue weighted by Crippen LogP contribution is 2.31. The van der Waals surface area contributed by atoms with E-state index in [1.54, 1.807) is 0 Å². The SMILES string of the molecule is CS(=O)(=O)CCN1CCCCC1C1CCCCC1=O. The number of carbonyl (C=O) groups excluding carboxylic acids is 1. The number of Topliss-reactive ketones (excluding diaryl/α,β-unsaturated/α-hetero) is 1. The Morgan fingerprint density at radius 3 is 2.58 bits per heavy atom. The molecular formula is C14H25NO3S. The standard InChI is InChI=1S/C14H25NO3S/c1-19(17,18)11-10-15-9-5-4-7-13(15)12-6-2-3-8-14(12)16/h12-13H,2-11H2,1H3. The molecule has 0 amide bonds. The molecule has 4 nitrogen and oxygen atoms in total. The molecule has 0 bridgehead atoms. The number of nitrogens with zero attached hydrogens (tertiary/aromatic N) is 1. The van der Waals surface area contributed by atoms with Crippen LogP contribution in [0.1, 0.15) is 44.9 Å². The zero-order valence-corrected chi connectivity index (χ0v) is 12.6. The second-order valence-corrected chi connectivity index (χ2v) is 8.31. The van der Waals surface area contributed by atoms with E-state index in [4.69, 9.17) is 0 Å². The smallest absolute Gasteiger partial charge is 0.148 e. The van der Waals surface area contributed by atoms with Crippen molar-refractivity contribution in [1.29, 1.82) is 0 Å². The van der Waals surface area contributed by atoms with Gasteiger partial charge in [0.1, 0.15) is 15.6 Å². The maximum Gasteiger partial charge on any atom is 0.148 e. The third-order valence-electron chi connectivity index (χ3n) is 4.48. The van der Waals surface area contributed by atoms with Crippen molar-refractivity contribution in [1.82, 2.24) is 4.90 Å². The van der Waals surface area contributed by atoms with Crippen LogP contribution in [-0.4, -0.2) is 50.2 Å². The Balaban J connectivity index is 2.00. The second kappa shape index (κ2) is 6.35. The van der Waals surface area contributed by atoms with Crippen LogP contribution in [0.5, 0.6) is 0 Å². The van der Waals surface area contributed by atoms with E-state index in [2.05, 4.69) is 4.90 Å². The fraction of sp³-hybridized carbons (Fsp3) is 0.929. The zero-order chi connectivity index (χ0) is 13.9. The molecule has 1 saturated carbocycles. The van der Waals surface area contributed by atoms with Gasteiger partial charge in [0.15, 0.2) is 0 Å². The van der Waals surface area contributed by atoms with Gasteiger partial charge < -0.3 is 0 Å². The molecule has 1 heterocycles. The first-order valence-corrected chi connectivity index (χ1v) is 9.48. The summed E-state index contributed by atoms with van der Waals surface area (Å²) in [5.74, 6) is 0.779. The molecule has 1 aliphatic carbocycles. The molecule has 2 rings (SSSR count). The normalized spacial score (nSPS) is 30.5. The van der Waals surface area contributed by atoms with E-state index in [0.717, 1.165) is 45.1 Å². The van der Waals surface area contributed by atoms with Crippen LogP contribution in [0.3, 0.4) is 0 Å². The molecule has 1 saturated heterocycles. The minimum absolute atomic E-state index is 0.161. The van der Waals surface area contributed by atoms with Gasteiger partial charge in [0, 0.05) is 31.2 Å². The third kappa shape index (κ3) is 4.28. The average Bonchev–Trinajstić information content (AvgIpc) is 2.37. The van der Waals surface area contributed by atoms with Crippen LogP contribution in [-0.2, 0) is 14.6 Å². The van der Waals surface area contributed by atoms with Gasteiger partial charge in [-0.25, -0.2) is 8.42 Å². The van der Waals surface area contributed by atoms with Gasteiger partial charge in [-0.1, -0.05) is 12.8 Å². The fourth-order valence-corrected chi connectivity index (χ4v) is 4.02. The molecule has 19 heavy (non-hydrogen) atoms. The Hall–Kier alpha value is -0.420. The minimum atomic E-state index is -2.92. The van der Waals surface area contributed by atoms with Crippen molar-refractivity contribution >= 4 is 15.6 Å². The maximum absolute atomic E-state index is 12.1. The third-order valence-corrected chi connectivity index (χ3v) is 5.40. The number of sulfone groups is 1. The first kappa shape index (κ1) is 15.0. The van der Waals surface area contributed by atoms with E-state index in [1.165, 1.54) is 12.7 Å². The molecule has 2 atom stereocenters.